The van der Waals surface area contributed by atoms with E-state index in [9.17, 15) is 0 Å². The first-order valence-corrected chi connectivity index (χ1v) is 6.36. The lowest BCUT2D eigenvalue weighted by Gasteiger charge is -2.34. The monoisotopic (exact) mass is 221 g/mol. The lowest BCUT2D eigenvalue weighted by Crippen LogP contribution is -2.27. The van der Waals surface area contributed by atoms with Crippen LogP contribution in [0.5, 0.6) is 0 Å². The summed E-state index contributed by atoms with van der Waals surface area (Å²) >= 11 is 0. The summed E-state index contributed by atoms with van der Waals surface area (Å²) in [6.45, 7) is 5.50. The molecule has 3 heteroatoms. The number of hydrogen-bond donors (Lipinski definition) is 1. The van der Waals surface area contributed by atoms with Crippen LogP contribution in [0.1, 0.15) is 57.7 Å². The number of nitrogens with two attached hydrogens (primary N) is 1. The Morgan fingerprint density at radius 2 is 2.12 bits per heavy atom. The number of rotatable bonds is 3. The molecular weight excluding hydrogens is 198 g/mol. The standard InChI is InChI=1S/C13H23N3/c1-11(14)12-8-15-10-16(12)9-13(2)6-4-3-5-7-13/h8,10-11H,3-7,9,14H2,1-2H3/t11-/m0/s1. The number of imidazole rings is 1. The van der Waals surface area contributed by atoms with Crippen LogP contribution in [0.3, 0.4) is 0 Å². The summed E-state index contributed by atoms with van der Waals surface area (Å²) in [5.74, 6) is 0. The summed E-state index contributed by atoms with van der Waals surface area (Å²) in [4.78, 5) is 4.22. The lowest BCUT2D eigenvalue weighted by atomic mass is 9.75. The van der Waals surface area contributed by atoms with Crippen molar-refractivity contribution in [2.75, 3.05) is 0 Å². The third-order valence-electron chi connectivity index (χ3n) is 3.82. The largest absolute Gasteiger partial charge is 0.333 e. The maximum atomic E-state index is 5.95. The molecule has 0 saturated heterocycles. The van der Waals surface area contributed by atoms with E-state index >= 15 is 0 Å². The van der Waals surface area contributed by atoms with E-state index in [2.05, 4.69) is 16.5 Å². The number of nitrogens with zero attached hydrogens (tertiary/aromatic N) is 2. The van der Waals surface area contributed by atoms with Crippen molar-refractivity contribution in [2.45, 2.75) is 58.5 Å². The van der Waals surface area contributed by atoms with Crippen LogP contribution in [-0.2, 0) is 6.54 Å². The molecule has 3 nitrogen and oxygen atoms in total. The van der Waals surface area contributed by atoms with Crippen molar-refractivity contribution in [1.29, 1.82) is 0 Å². The SMILES string of the molecule is C[C@H](N)c1cncn1CC1(C)CCCCC1. The summed E-state index contributed by atoms with van der Waals surface area (Å²) < 4.78 is 2.25. The first-order chi connectivity index (χ1) is 7.61. The quantitative estimate of drug-likeness (QED) is 0.853. The van der Waals surface area contributed by atoms with Gasteiger partial charge in [-0.05, 0) is 25.2 Å². The van der Waals surface area contributed by atoms with Crippen LogP contribution in [0.25, 0.3) is 0 Å². The van der Waals surface area contributed by atoms with Gasteiger partial charge in [0.2, 0.25) is 0 Å². The van der Waals surface area contributed by atoms with Gasteiger partial charge in [-0.25, -0.2) is 4.98 Å². The van der Waals surface area contributed by atoms with E-state index in [0.717, 1.165) is 12.2 Å². The Morgan fingerprint density at radius 3 is 2.75 bits per heavy atom. The van der Waals surface area contributed by atoms with E-state index in [1.54, 1.807) is 0 Å². The highest BCUT2D eigenvalue weighted by Gasteiger charge is 2.27. The van der Waals surface area contributed by atoms with E-state index < -0.39 is 0 Å². The molecule has 1 saturated carbocycles. The normalized spacial score (nSPS) is 21.9. The Morgan fingerprint density at radius 1 is 1.44 bits per heavy atom. The Kier molecular flexibility index (Phi) is 3.33. The third kappa shape index (κ3) is 2.46. The minimum Gasteiger partial charge on any atom is -0.333 e. The number of aromatic nitrogens is 2. The first-order valence-electron chi connectivity index (χ1n) is 6.36. The molecule has 0 radical (unpaired) electrons. The van der Waals surface area contributed by atoms with Crippen LogP contribution in [0.15, 0.2) is 12.5 Å². The summed E-state index contributed by atoms with van der Waals surface area (Å²) in [6, 6.07) is 0.0784. The van der Waals surface area contributed by atoms with E-state index in [0.29, 0.717) is 5.41 Å². The molecule has 1 heterocycles. The molecule has 1 atom stereocenters. The minimum atomic E-state index is 0.0784. The average Bonchev–Trinajstić information content (AvgIpc) is 2.66. The molecule has 1 aromatic rings. The van der Waals surface area contributed by atoms with Crippen molar-refractivity contribution in [3.05, 3.63) is 18.2 Å². The average molecular weight is 221 g/mol. The third-order valence-corrected chi connectivity index (χ3v) is 3.82. The Bertz CT molecular complexity index is 335. The van der Waals surface area contributed by atoms with Crippen molar-refractivity contribution in [3.63, 3.8) is 0 Å². The molecule has 1 aromatic heterocycles. The molecular formula is C13H23N3. The molecule has 90 valence electrons. The zero-order valence-electron chi connectivity index (χ0n) is 10.4. The molecule has 0 aliphatic heterocycles. The van der Waals surface area contributed by atoms with Gasteiger partial charge < -0.3 is 10.3 Å². The predicted octanol–water partition coefficient (Wildman–Crippen LogP) is 2.87. The summed E-state index contributed by atoms with van der Waals surface area (Å²) in [5, 5.41) is 0. The second kappa shape index (κ2) is 4.58. The summed E-state index contributed by atoms with van der Waals surface area (Å²) in [5.41, 5.74) is 7.55. The molecule has 0 aromatic carbocycles. The smallest absolute Gasteiger partial charge is 0.0948 e. The minimum absolute atomic E-state index is 0.0784. The summed E-state index contributed by atoms with van der Waals surface area (Å²) in [7, 11) is 0. The van der Waals surface area contributed by atoms with Gasteiger partial charge in [0.1, 0.15) is 0 Å². The summed E-state index contributed by atoms with van der Waals surface area (Å²) in [6.07, 6.45) is 10.7. The van der Waals surface area contributed by atoms with Gasteiger partial charge in [-0.2, -0.15) is 0 Å². The lowest BCUT2D eigenvalue weighted by molar-refractivity contribution is 0.181. The van der Waals surface area contributed by atoms with Crippen LogP contribution in [0.2, 0.25) is 0 Å². The molecule has 2 N–H and O–H groups in total. The van der Waals surface area contributed by atoms with Gasteiger partial charge in [0.05, 0.1) is 12.0 Å². The second-order valence-electron chi connectivity index (χ2n) is 5.61. The van der Waals surface area contributed by atoms with E-state index in [1.165, 1.54) is 32.1 Å². The molecule has 1 fully saturated rings. The first kappa shape index (κ1) is 11.6. The predicted molar refractivity (Wildman–Crippen MR) is 66.0 cm³/mol. The molecule has 1 aliphatic rings. The maximum absolute atomic E-state index is 5.95. The molecule has 1 aliphatic carbocycles. The van der Waals surface area contributed by atoms with Crippen molar-refractivity contribution >= 4 is 0 Å². The van der Waals surface area contributed by atoms with Gasteiger partial charge in [0, 0.05) is 18.8 Å². The maximum Gasteiger partial charge on any atom is 0.0948 e. The van der Waals surface area contributed by atoms with Gasteiger partial charge in [-0.1, -0.05) is 26.2 Å². The molecule has 0 unspecified atom stereocenters. The Hall–Kier alpha value is -0.830. The fourth-order valence-electron chi connectivity index (χ4n) is 2.82. The van der Waals surface area contributed by atoms with E-state index in [-0.39, 0.29) is 6.04 Å². The molecule has 2 rings (SSSR count). The van der Waals surface area contributed by atoms with Crippen molar-refractivity contribution < 1.29 is 0 Å². The zero-order valence-corrected chi connectivity index (χ0v) is 10.4. The Labute approximate surface area is 98.1 Å². The molecule has 0 amide bonds. The second-order valence-corrected chi connectivity index (χ2v) is 5.61. The zero-order chi connectivity index (χ0) is 11.6. The molecule has 16 heavy (non-hydrogen) atoms. The van der Waals surface area contributed by atoms with Crippen LogP contribution in [0, 0.1) is 5.41 Å². The van der Waals surface area contributed by atoms with Crippen molar-refractivity contribution in [3.8, 4) is 0 Å². The molecule has 0 bridgehead atoms. The van der Waals surface area contributed by atoms with E-state index in [1.807, 2.05) is 19.4 Å². The number of hydrogen-bond acceptors (Lipinski definition) is 2. The highest BCUT2D eigenvalue weighted by atomic mass is 15.1. The van der Waals surface area contributed by atoms with Crippen LogP contribution in [-0.4, -0.2) is 9.55 Å². The van der Waals surface area contributed by atoms with Crippen LogP contribution < -0.4 is 5.73 Å². The van der Waals surface area contributed by atoms with Crippen LogP contribution in [0.4, 0.5) is 0 Å². The van der Waals surface area contributed by atoms with Crippen molar-refractivity contribution in [1.82, 2.24) is 9.55 Å². The van der Waals surface area contributed by atoms with Crippen molar-refractivity contribution in [2.24, 2.45) is 11.1 Å². The molecule has 0 spiro atoms. The van der Waals surface area contributed by atoms with Crippen LogP contribution >= 0.6 is 0 Å². The highest BCUT2D eigenvalue weighted by molar-refractivity contribution is 5.04. The van der Waals surface area contributed by atoms with E-state index in [4.69, 9.17) is 5.73 Å². The van der Waals surface area contributed by atoms with Gasteiger partial charge in [-0.3, -0.25) is 0 Å². The van der Waals surface area contributed by atoms with Gasteiger partial charge >= 0.3 is 0 Å². The fourth-order valence-corrected chi connectivity index (χ4v) is 2.82. The topological polar surface area (TPSA) is 43.8 Å². The van der Waals surface area contributed by atoms with Gasteiger partial charge in [-0.15, -0.1) is 0 Å². The van der Waals surface area contributed by atoms with Gasteiger partial charge in [0.15, 0.2) is 0 Å². The Balaban J connectivity index is 2.10. The van der Waals surface area contributed by atoms with Gasteiger partial charge in [0.25, 0.3) is 0 Å². The fraction of sp³-hybridized carbons (Fsp3) is 0.769. The highest BCUT2D eigenvalue weighted by Crippen LogP contribution is 2.37.